The number of benzene rings is 1. The maximum atomic E-state index is 12.2. The first-order valence-electron chi connectivity index (χ1n) is 12.3. The van der Waals surface area contributed by atoms with Crippen LogP contribution in [-0.2, 0) is 9.53 Å². The van der Waals surface area contributed by atoms with Crippen molar-refractivity contribution in [2.75, 3.05) is 13.7 Å². The Kier molecular flexibility index (Phi) is 5.61. The fourth-order valence-electron chi connectivity index (χ4n) is 7.54. The zero-order valence-corrected chi connectivity index (χ0v) is 19.9. The Morgan fingerprint density at radius 2 is 1.94 bits per heavy atom. The van der Waals surface area contributed by atoms with Crippen LogP contribution in [0.1, 0.15) is 75.8 Å². The Labute approximate surface area is 196 Å². The van der Waals surface area contributed by atoms with E-state index in [4.69, 9.17) is 9.94 Å². The third kappa shape index (κ3) is 3.43. The number of oxime groups is 1. The summed E-state index contributed by atoms with van der Waals surface area (Å²) in [6.07, 6.45) is 8.02. The molecule has 0 aliphatic heterocycles. The number of allylic oxidation sites excluding steroid dienone is 4. The van der Waals surface area contributed by atoms with Gasteiger partial charge in [-0.2, -0.15) is 0 Å². The van der Waals surface area contributed by atoms with E-state index in [1.54, 1.807) is 14.0 Å². The van der Waals surface area contributed by atoms with E-state index in [-0.39, 0.29) is 17.1 Å². The topological polar surface area (TPSA) is 79.1 Å². The highest BCUT2D eigenvalue weighted by atomic mass is 16.5. The summed E-state index contributed by atoms with van der Waals surface area (Å²) in [7, 11) is 1.68. The van der Waals surface area contributed by atoms with Crippen LogP contribution in [0.5, 0.6) is 0 Å². The highest BCUT2D eigenvalue weighted by Crippen LogP contribution is 2.66. The molecule has 4 aliphatic carbocycles. The van der Waals surface area contributed by atoms with Crippen LogP contribution in [0.2, 0.25) is 0 Å². The summed E-state index contributed by atoms with van der Waals surface area (Å²) in [5, 5.41) is 24.3. The molecule has 0 aromatic heterocycles. The lowest BCUT2D eigenvalue weighted by Gasteiger charge is -2.54. The molecule has 4 aliphatic rings. The van der Waals surface area contributed by atoms with Crippen molar-refractivity contribution in [3.63, 3.8) is 0 Å². The van der Waals surface area contributed by atoms with Gasteiger partial charge in [0.05, 0.1) is 17.9 Å². The van der Waals surface area contributed by atoms with Crippen molar-refractivity contribution < 1.29 is 19.8 Å². The first-order valence-corrected chi connectivity index (χ1v) is 12.3. The Hall–Kier alpha value is -2.24. The van der Waals surface area contributed by atoms with Gasteiger partial charge in [-0.05, 0) is 85.6 Å². The second-order valence-electron chi connectivity index (χ2n) is 10.8. The summed E-state index contributed by atoms with van der Waals surface area (Å²) in [5.41, 5.74) is 5.87. The van der Waals surface area contributed by atoms with E-state index < -0.39 is 5.60 Å². The number of carbonyl (C=O) groups excluding carboxylic acids is 1. The second-order valence-corrected chi connectivity index (χ2v) is 10.8. The molecule has 0 radical (unpaired) electrons. The lowest BCUT2D eigenvalue weighted by Crippen LogP contribution is -2.53. The van der Waals surface area contributed by atoms with E-state index in [1.807, 2.05) is 18.2 Å². The lowest BCUT2D eigenvalue weighted by atomic mass is 9.51. The fourth-order valence-corrected chi connectivity index (χ4v) is 7.54. The molecule has 0 amide bonds. The summed E-state index contributed by atoms with van der Waals surface area (Å²) < 4.78 is 5.53. The number of ketones is 1. The SMILES string of the molecule is COC[C@]1(O)CC[C@H]2[C@@H]3CCC4=CC(=O)CCC4=C3[C@@H](c3ccc(/C(C)=N\O)cc3)C[C@@]21C. The second kappa shape index (κ2) is 8.21. The van der Waals surface area contributed by atoms with Crippen molar-refractivity contribution in [3.05, 3.63) is 58.2 Å². The first-order chi connectivity index (χ1) is 15.8. The number of hydrogen-bond acceptors (Lipinski definition) is 5. The smallest absolute Gasteiger partial charge is 0.156 e. The van der Waals surface area contributed by atoms with Crippen molar-refractivity contribution in [3.8, 4) is 0 Å². The number of ether oxygens (including phenoxy) is 1. The summed E-state index contributed by atoms with van der Waals surface area (Å²) >= 11 is 0. The molecule has 176 valence electrons. The molecular weight excluding hydrogens is 414 g/mol. The molecule has 1 aromatic rings. The first kappa shape index (κ1) is 22.5. The van der Waals surface area contributed by atoms with E-state index in [1.165, 1.54) is 22.3 Å². The van der Waals surface area contributed by atoms with E-state index in [0.29, 0.717) is 30.6 Å². The quantitative estimate of drug-likeness (QED) is 0.378. The maximum Gasteiger partial charge on any atom is 0.156 e. The van der Waals surface area contributed by atoms with E-state index in [9.17, 15) is 9.90 Å². The summed E-state index contributed by atoms with van der Waals surface area (Å²) in [5.74, 6) is 1.31. The highest BCUT2D eigenvalue weighted by Gasteiger charge is 2.62. The molecule has 33 heavy (non-hydrogen) atoms. The van der Waals surface area contributed by atoms with Gasteiger partial charge in [0, 0.05) is 24.9 Å². The van der Waals surface area contributed by atoms with Crippen molar-refractivity contribution in [2.45, 2.75) is 70.3 Å². The molecule has 0 spiro atoms. The summed E-state index contributed by atoms with van der Waals surface area (Å²) in [6, 6.07) is 8.36. The molecule has 0 heterocycles. The van der Waals surface area contributed by atoms with Crippen LogP contribution < -0.4 is 0 Å². The molecule has 2 N–H and O–H groups in total. The minimum absolute atomic E-state index is 0.199. The van der Waals surface area contributed by atoms with Crippen molar-refractivity contribution in [1.29, 1.82) is 0 Å². The lowest BCUT2D eigenvalue weighted by molar-refractivity contribution is -0.128. The molecule has 5 nitrogen and oxygen atoms in total. The van der Waals surface area contributed by atoms with Crippen LogP contribution in [-0.4, -0.2) is 41.1 Å². The fraction of sp³-hybridized carbons (Fsp3) is 0.571. The zero-order chi connectivity index (χ0) is 23.4. The standard InChI is InChI=1S/C28H35NO4/c1-17(29-32)18-4-6-19(7-5-18)24-15-27(2)25(12-13-28(27,31)16-33-3)23-10-8-20-14-21(30)9-11-22(20)26(23)24/h4-7,14,23-25,31-32H,8-13,15-16H2,1-3H3/b29-17-/t23-,24+,25-,27-,28+/m0/s1. The maximum absolute atomic E-state index is 12.2. The van der Waals surface area contributed by atoms with Gasteiger partial charge < -0.3 is 15.1 Å². The van der Waals surface area contributed by atoms with Gasteiger partial charge in [-0.15, -0.1) is 0 Å². The number of methoxy groups -OCH3 is 1. The van der Waals surface area contributed by atoms with E-state index >= 15 is 0 Å². The highest BCUT2D eigenvalue weighted by molar-refractivity contribution is 5.98. The number of aliphatic hydroxyl groups is 1. The molecule has 5 atom stereocenters. The number of carbonyl (C=O) groups is 1. The van der Waals surface area contributed by atoms with Gasteiger partial charge in [0.15, 0.2) is 5.78 Å². The molecule has 0 unspecified atom stereocenters. The molecule has 2 saturated carbocycles. The normalized spacial score (nSPS) is 36.2. The van der Waals surface area contributed by atoms with Gasteiger partial charge >= 0.3 is 0 Å². The van der Waals surface area contributed by atoms with E-state index in [2.05, 4.69) is 24.2 Å². The third-order valence-corrected chi connectivity index (χ3v) is 9.32. The summed E-state index contributed by atoms with van der Waals surface area (Å²) in [4.78, 5) is 12.2. The Morgan fingerprint density at radius 3 is 2.64 bits per heavy atom. The molecule has 2 fully saturated rings. The van der Waals surface area contributed by atoms with Crippen LogP contribution in [0.25, 0.3) is 0 Å². The van der Waals surface area contributed by atoms with Crippen LogP contribution in [0, 0.1) is 17.3 Å². The van der Waals surface area contributed by atoms with Gasteiger partial charge in [-0.3, -0.25) is 4.79 Å². The predicted molar refractivity (Wildman–Crippen MR) is 128 cm³/mol. The number of rotatable bonds is 4. The largest absolute Gasteiger partial charge is 0.411 e. The minimum atomic E-state index is -0.820. The van der Waals surface area contributed by atoms with Crippen molar-refractivity contribution in [2.24, 2.45) is 22.4 Å². The van der Waals surface area contributed by atoms with Gasteiger partial charge in [0.1, 0.15) is 0 Å². The van der Waals surface area contributed by atoms with E-state index in [0.717, 1.165) is 44.1 Å². The zero-order valence-electron chi connectivity index (χ0n) is 19.9. The van der Waals surface area contributed by atoms with Crippen LogP contribution >= 0.6 is 0 Å². The predicted octanol–water partition coefficient (Wildman–Crippen LogP) is 5.16. The third-order valence-electron chi connectivity index (χ3n) is 9.32. The van der Waals surface area contributed by atoms with Crippen LogP contribution in [0.4, 0.5) is 0 Å². The molecular formula is C28H35NO4. The number of fused-ring (bicyclic) bond motifs is 4. The van der Waals surface area contributed by atoms with Gasteiger partial charge in [-0.1, -0.05) is 41.9 Å². The van der Waals surface area contributed by atoms with Crippen molar-refractivity contribution in [1.82, 2.24) is 0 Å². The minimum Gasteiger partial charge on any atom is -0.411 e. The molecule has 5 heteroatoms. The molecule has 1 aromatic carbocycles. The Morgan fingerprint density at radius 1 is 1.18 bits per heavy atom. The van der Waals surface area contributed by atoms with Crippen LogP contribution in [0.3, 0.4) is 0 Å². The average Bonchev–Trinajstić information content (AvgIpc) is 3.08. The average molecular weight is 450 g/mol. The number of hydrogen-bond donors (Lipinski definition) is 2. The monoisotopic (exact) mass is 449 g/mol. The molecule has 0 bridgehead atoms. The molecule has 5 rings (SSSR count). The van der Waals surface area contributed by atoms with Crippen LogP contribution in [0.15, 0.2) is 52.2 Å². The summed E-state index contributed by atoms with van der Waals surface area (Å²) in [6.45, 7) is 4.45. The van der Waals surface area contributed by atoms with Gasteiger partial charge in [0.25, 0.3) is 0 Å². The Balaban J connectivity index is 1.64. The Bertz CT molecular complexity index is 1050. The van der Waals surface area contributed by atoms with Crippen molar-refractivity contribution >= 4 is 11.5 Å². The van der Waals surface area contributed by atoms with Gasteiger partial charge in [-0.25, -0.2) is 0 Å². The number of nitrogens with zero attached hydrogens (tertiary/aromatic N) is 1. The van der Waals surface area contributed by atoms with Gasteiger partial charge in [0.2, 0.25) is 0 Å². The molecule has 0 saturated heterocycles.